The van der Waals surface area contributed by atoms with E-state index in [4.69, 9.17) is 5.73 Å². The van der Waals surface area contributed by atoms with Crippen molar-refractivity contribution in [2.45, 2.75) is 39.7 Å². The molecule has 5 nitrogen and oxygen atoms in total. The maximum absolute atomic E-state index is 11.6. The van der Waals surface area contributed by atoms with Crippen LogP contribution in [0.25, 0.3) is 0 Å². The Morgan fingerprint density at radius 3 is 2.53 bits per heavy atom. The molecule has 1 rings (SSSR count). The molecule has 1 aliphatic heterocycles. The minimum Gasteiger partial charge on any atom is -0.321 e. The molecule has 84 valence electrons. The fourth-order valence-corrected chi connectivity index (χ4v) is 1.27. The summed E-state index contributed by atoms with van der Waals surface area (Å²) >= 11 is 0. The van der Waals surface area contributed by atoms with Gasteiger partial charge in [-0.15, -0.1) is 0 Å². The second-order valence-corrected chi connectivity index (χ2v) is 4.28. The Morgan fingerprint density at radius 1 is 1.47 bits per heavy atom. The number of nitrogens with zero attached hydrogens (tertiary/aromatic N) is 1. The minimum absolute atomic E-state index is 0.297. The van der Waals surface area contributed by atoms with Crippen LogP contribution in [0.5, 0.6) is 0 Å². The number of hydrogen-bond donors (Lipinski definition) is 2. The van der Waals surface area contributed by atoms with Gasteiger partial charge in [0.05, 0.1) is 6.04 Å². The van der Waals surface area contributed by atoms with Crippen LogP contribution in [0.15, 0.2) is 4.99 Å². The molecule has 0 bridgehead atoms. The van der Waals surface area contributed by atoms with Gasteiger partial charge in [0.1, 0.15) is 11.3 Å². The average molecular weight is 211 g/mol. The van der Waals surface area contributed by atoms with E-state index in [1.807, 2.05) is 6.92 Å². The van der Waals surface area contributed by atoms with E-state index in [2.05, 4.69) is 10.3 Å². The van der Waals surface area contributed by atoms with E-state index in [0.717, 1.165) is 6.42 Å². The molecule has 0 saturated carbocycles. The smallest absolute Gasteiger partial charge is 0.262 e. The number of carbonyl (C=O) groups excluding carboxylic acids is 2. The maximum atomic E-state index is 11.6. The van der Waals surface area contributed by atoms with Crippen molar-refractivity contribution in [2.75, 3.05) is 0 Å². The van der Waals surface area contributed by atoms with Gasteiger partial charge in [-0.2, -0.15) is 4.99 Å². The van der Waals surface area contributed by atoms with Gasteiger partial charge in [0.2, 0.25) is 5.91 Å². The van der Waals surface area contributed by atoms with Gasteiger partial charge in [-0.1, -0.05) is 13.3 Å². The number of amides is 2. The molecule has 3 N–H and O–H groups in total. The lowest BCUT2D eigenvalue weighted by atomic mass is 9.89. The number of hydrogen-bond acceptors (Lipinski definition) is 3. The molecule has 0 spiro atoms. The molecular formula is C10H17N3O2. The van der Waals surface area contributed by atoms with Crippen molar-refractivity contribution in [1.82, 2.24) is 5.32 Å². The topological polar surface area (TPSA) is 84.5 Å². The van der Waals surface area contributed by atoms with E-state index in [0.29, 0.717) is 12.3 Å². The Morgan fingerprint density at radius 2 is 2.07 bits per heavy atom. The lowest BCUT2D eigenvalue weighted by molar-refractivity contribution is -0.139. The Labute approximate surface area is 89.1 Å². The van der Waals surface area contributed by atoms with Crippen LogP contribution < -0.4 is 11.1 Å². The third-order valence-corrected chi connectivity index (χ3v) is 2.52. The summed E-state index contributed by atoms with van der Waals surface area (Å²) < 4.78 is 0. The van der Waals surface area contributed by atoms with Crippen molar-refractivity contribution in [1.29, 1.82) is 0 Å². The highest BCUT2D eigenvalue weighted by Gasteiger charge is 2.40. The third-order valence-electron chi connectivity index (χ3n) is 2.52. The quantitative estimate of drug-likeness (QED) is 0.654. The SMILES string of the molecule is CCCC(N)C1=NC(=O)C(C)(C)C(=O)N1. The standard InChI is InChI=1S/C10H17N3O2/c1-4-5-6(11)7-12-8(14)10(2,3)9(15)13-7/h6H,4-5,11H2,1-3H3,(H,12,13,14,15). The van der Waals surface area contributed by atoms with Gasteiger partial charge in [0, 0.05) is 0 Å². The molecule has 0 saturated heterocycles. The van der Waals surface area contributed by atoms with E-state index in [-0.39, 0.29) is 11.9 Å². The summed E-state index contributed by atoms with van der Waals surface area (Å²) in [7, 11) is 0. The molecule has 0 radical (unpaired) electrons. The zero-order valence-corrected chi connectivity index (χ0v) is 9.33. The molecule has 0 aromatic heterocycles. The van der Waals surface area contributed by atoms with Gasteiger partial charge in [-0.25, -0.2) is 0 Å². The molecule has 1 heterocycles. The largest absolute Gasteiger partial charge is 0.321 e. The summed E-state index contributed by atoms with van der Waals surface area (Å²) in [6, 6.07) is -0.362. The van der Waals surface area contributed by atoms with Crippen LogP contribution in [0.2, 0.25) is 0 Å². The van der Waals surface area contributed by atoms with E-state index in [1.54, 1.807) is 13.8 Å². The monoisotopic (exact) mass is 211 g/mol. The van der Waals surface area contributed by atoms with Crippen LogP contribution in [0, 0.1) is 5.41 Å². The fourth-order valence-electron chi connectivity index (χ4n) is 1.27. The number of rotatable bonds is 3. The lowest BCUT2D eigenvalue weighted by Crippen LogP contribution is -2.54. The summed E-state index contributed by atoms with van der Waals surface area (Å²) in [5.74, 6) is -0.456. The molecule has 1 aliphatic rings. The molecule has 0 aromatic rings. The van der Waals surface area contributed by atoms with E-state index in [1.165, 1.54) is 0 Å². The summed E-state index contributed by atoms with van der Waals surface area (Å²) in [5, 5.41) is 2.59. The van der Waals surface area contributed by atoms with Gasteiger partial charge in [0.25, 0.3) is 5.91 Å². The van der Waals surface area contributed by atoms with Crippen molar-refractivity contribution in [2.24, 2.45) is 16.1 Å². The fraction of sp³-hybridized carbons (Fsp3) is 0.700. The van der Waals surface area contributed by atoms with E-state index in [9.17, 15) is 9.59 Å². The minimum atomic E-state index is -1.07. The Hall–Kier alpha value is -1.23. The molecule has 5 heteroatoms. The van der Waals surface area contributed by atoms with Crippen molar-refractivity contribution >= 4 is 17.6 Å². The number of nitrogens with one attached hydrogen (secondary N) is 1. The predicted octanol–water partition coefficient (Wildman–Crippen LogP) is 0.195. The second kappa shape index (κ2) is 4.10. The van der Waals surface area contributed by atoms with Crippen LogP contribution >= 0.6 is 0 Å². The molecule has 0 aromatic carbocycles. The highest BCUT2D eigenvalue weighted by Crippen LogP contribution is 2.21. The summed E-state index contributed by atoms with van der Waals surface area (Å²) in [6.45, 7) is 5.09. The predicted molar refractivity (Wildman–Crippen MR) is 57.2 cm³/mol. The molecule has 15 heavy (non-hydrogen) atoms. The molecule has 0 fully saturated rings. The number of nitrogens with two attached hydrogens (primary N) is 1. The summed E-state index contributed by atoms with van der Waals surface area (Å²) in [5.41, 5.74) is 4.70. The van der Waals surface area contributed by atoms with Gasteiger partial charge >= 0.3 is 0 Å². The molecule has 1 atom stereocenters. The van der Waals surface area contributed by atoms with Crippen LogP contribution in [-0.4, -0.2) is 23.7 Å². The van der Waals surface area contributed by atoms with Crippen LogP contribution in [0.4, 0.5) is 0 Å². The molecule has 0 aliphatic carbocycles. The van der Waals surface area contributed by atoms with Gasteiger partial charge < -0.3 is 11.1 Å². The average Bonchev–Trinajstić information content (AvgIpc) is 2.14. The van der Waals surface area contributed by atoms with Crippen LogP contribution in [0.1, 0.15) is 33.6 Å². The van der Waals surface area contributed by atoms with Crippen LogP contribution in [0.3, 0.4) is 0 Å². The molecule has 1 unspecified atom stereocenters. The lowest BCUT2D eigenvalue weighted by Gasteiger charge is -2.27. The number of amidine groups is 1. The maximum Gasteiger partial charge on any atom is 0.262 e. The van der Waals surface area contributed by atoms with Crippen molar-refractivity contribution in [3.05, 3.63) is 0 Å². The van der Waals surface area contributed by atoms with Gasteiger partial charge in [-0.3, -0.25) is 9.59 Å². The van der Waals surface area contributed by atoms with Crippen molar-refractivity contribution in [3.8, 4) is 0 Å². The first-order valence-electron chi connectivity index (χ1n) is 5.09. The normalized spacial score (nSPS) is 22.0. The van der Waals surface area contributed by atoms with Crippen LogP contribution in [-0.2, 0) is 9.59 Å². The zero-order chi connectivity index (χ0) is 11.6. The van der Waals surface area contributed by atoms with Gasteiger partial charge in [0.15, 0.2) is 0 Å². The first-order chi connectivity index (χ1) is 6.89. The Bertz CT molecular complexity index is 321. The number of carbonyl (C=O) groups is 2. The zero-order valence-electron chi connectivity index (χ0n) is 9.33. The number of aliphatic imine (C=N–C) groups is 1. The van der Waals surface area contributed by atoms with Gasteiger partial charge in [-0.05, 0) is 20.3 Å². The van der Waals surface area contributed by atoms with E-state index >= 15 is 0 Å². The Balaban J connectivity index is 2.88. The molecular weight excluding hydrogens is 194 g/mol. The third kappa shape index (κ3) is 2.23. The van der Waals surface area contributed by atoms with Crippen molar-refractivity contribution in [3.63, 3.8) is 0 Å². The van der Waals surface area contributed by atoms with E-state index < -0.39 is 11.3 Å². The first kappa shape index (κ1) is 11.8. The first-order valence-corrected chi connectivity index (χ1v) is 5.09. The highest BCUT2D eigenvalue weighted by molar-refractivity contribution is 6.19. The Kier molecular flexibility index (Phi) is 3.24. The summed E-state index contributed by atoms with van der Waals surface area (Å²) in [6.07, 6.45) is 1.58. The second-order valence-electron chi connectivity index (χ2n) is 4.28. The summed E-state index contributed by atoms with van der Waals surface area (Å²) in [4.78, 5) is 26.9. The highest BCUT2D eigenvalue weighted by atomic mass is 16.2. The molecule has 2 amide bonds. The van der Waals surface area contributed by atoms with Crippen molar-refractivity contribution < 1.29 is 9.59 Å².